The van der Waals surface area contributed by atoms with E-state index in [1.807, 2.05) is 25.1 Å². The number of ether oxygens (including phenoxy) is 1. The van der Waals surface area contributed by atoms with Crippen LogP contribution in [0.3, 0.4) is 0 Å². The first kappa shape index (κ1) is 18.1. The Morgan fingerprint density at radius 1 is 1.24 bits per heavy atom. The Morgan fingerprint density at radius 2 is 1.96 bits per heavy atom. The van der Waals surface area contributed by atoms with E-state index in [0.717, 1.165) is 9.79 Å². The number of hydrogen-bond acceptors (Lipinski definition) is 4. The Morgan fingerprint density at radius 3 is 2.60 bits per heavy atom. The van der Waals surface area contributed by atoms with Gasteiger partial charge in [0.15, 0.2) is 5.78 Å². The minimum Gasteiger partial charge on any atom is -0.385 e. The second-order valence-corrected chi connectivity index (χ2v) is 7.67. The molecule has 2 aromatic rings. The molecule has 0 aliphatic carbocycles. The lowest BCUT2D eigenvalue weighted by molar-refractivity contribution is -0.101. The molecule has 132 valence electrons. The lowest BCUT2D eigenvalue weighted by Crippen LogP contribution is -2.37. The molecule has 0 saturated carbocycles. The van der Waals surface area contributed by atoms with Crippen molar-refractivity contribution in [2.24, 2.45) is 0 Å². The standard InChI is InChI=1S/C20H21FO3S/c1-13-12-20(23,7-8-24-13)16-9-17(21)11-19(10-16)25-18-5-3-15(4-6-18)14(2)22/h3-6,9-11,13,23H,7-8,12H2,1-2H3/t13-,20-/m0/s1. The van der Waals surface area contributed by atoms with Crippen LogP contribution in [0.1, 0.15) is 42.6 Å². The van der Waals surface area contributed by atoms with E-state index < -0.39 is 5.60 Å². The summed E-state index contributed by atoms with van der Waals surface area (Å²) in [6.45, 7) is 3.90. The first-order chi connectivity index (χ1) is 11.9. The molecule has 1 N–H and O–H groups in total. The highest BCUT2D eigenvalue weighted by molar-refractivity contribution is 7.99. The molecule has 2 atom stereocenters. The van der Waals surface area contributed by atoms with Gasteiger partial charge in [0.25, 0.3) is 0 Å². The molecule has 25 heavy (non-hydrogen) atoms. The van der Waals surface area contributed by atoms with Crippen molar-refractivity contribution in [3.63, 3.8) is 0 Å². The molecule has 3 nitrogen and oxygen atoms in total. The summed E-state index contributed by atoms with van der Waals surface area (Å²) < 4.78 is 19.6. The number of carbonyl (C=O) groups excluding carboxylic acids is 1. The van der Waals surface area contributed by atoms with Gasteiger partial charge >= 0.3 is 0 Å². The van der Waals surface area contributed by atoms with Crippen LogP contribution in [-0.2, 0) is 10.3 Å². The summed E-state index contributed by atoms with van der Waals surface area (Å²) in [5.74, 6) is -0.353. The fourth-order valence-electron chi connectivity index (χ4n) is 3.11. The van der Waals surface area contributed by atoms with E-state index >= 15 is 0 Å². The van der Waals surface area contributed by atoms with Crippen molar-refractivity contribution in [2.45, 2.75) is 48.2 Å². The largest absolute Gasteiger partial charge is 0.385 e. The van der Waals surface area contributed by atoms with Crippen molar-refractivity contribution in [2.75, 3.05) is 6.61 Å². The van der Waals surface area contributed by atoms with Crippen LogP contribution in [0.4, 0.5) is 4.39 Å². The van der Waals surface area contributed by atoms with Crippen LogP contribution in [0.15, 0.2) is 52.3 Å². The molecule has 0 bridgehead atoms. The molecule has 1 aliphatic rings. The maximum absolute atomic E-state index is 14.1. The predicted octanol–water partition coefficient (Wildman–Crippen LogP) is 4.57. The topological polar surface area (TPSA) is 46.5 Å². The third kappa shape index (κ3) is 4.29. The minimum atomic E-state index is -1.06. The van der Waals surface area contributed by atoms with E-state index in [4.69, 9.17) is 4.74 Å². The molecular formula is C20H21FO3S. The van der Waals surface area contributed by atoms with Crippen molar-refractivity contribution in [1.82, 2.24) is 0 Å². The van der Waals surface area contributed by atoms with Gasteiger partial charge < -0.3 is 9.84 Å². The van der Waals surface area contributed by atoms with Crippen molar-refractivity contribution in [1.29, 1.82) is 0 Å². The summed E-state index contributed by atoms with van der Waals surface area (Å²) >= 11 is 1.41. The van der Waals surface area contributed by atoms with Gasteiger partial charge in [0.1, 0.15) is 5.82 Å². The van der Waals surface area contributed by atoms with E-state index in [1.54, 1.807) is 12.1 Å². The lowest BCUT2D eigenvalue weighted by Gasteiger charge is -2.36. The Hall–Kier alpha value is -1.69. The highest BCUT2D eigenvalue weighted by atomic mass is 32.2. The van der Waals surface area contributed by atoms with Crippen LogP contribution in [0, 0.1) is 5.82 Å². The van der Waals surface area contributed by atoms with Crippen LogP contribution in [0.5, 0.6) is 0 Å². The van der Waals surface area contributed by atoms with Gasteiger partial charge in [-0.2, -0.15) is 0 Å². The predicted molar refractivity (Wildman–Crippen MR) is 95.5 cm³/mol. The Kier molecular flexibility index (Phi) is 5.27. The van der Waals surface area contributed by atoms with Gasteiger partial charge in [-0.05, 0) is 49.7 Å². The number of aliphatic hydroxyl groups is 1. The summed E-state index contributed by atoms with van der Waals surface area (Å²) in [4.78, 5) is 13.0. The molecule has 0 radical (unpaired) electrons. The number of Topliss-reactive ketones (excluding diaryl/α,β-unsaturated/α-hetero) is 1. The second kappa shape index (κ2) is 7.28. The first-order valence-electron chi connectivity index (χ1n) is 8.30. The third-order valence-electron chi connectivity index (χ3n) is 4.45. The van der Waals surface area contributed by atoms with E-state index in [1.165, 1.54) is 30.8 Å². The molecule has 1 aliphatic heterocycles. The van der Waals surface area contributed by atoms with Gasteiger partial charge in [-0.1, -0.05) is 23.9 Å². The zero-order valence-corrected chi connectivity index (χ0v) is 15.1. The number of benzene rings is 2. The van der Waals surface area contributed by atoms with Crippen LogP contribution < -0.4 is 0 Å². The summed E-state index contributed by atoms with van der Waals surface area (Å²) in [6, 6.07) is 11.9. The Labute approximate surface area is 151 Å². The fraction of sp³-hybridized carbons (Fsp3) is 0.350. The van der Waals surface area contributed by atoms with Crippen molar-refractivity contribution in [3.05, 3.63) is 59.4 Å². The molecule has 1 fully saturated rings. The van der Waals surface area contributed by atoms with E-state index in [-0.39, 0.29) is 17.7 Å². The van der Waals surface area contributed by atoms with Gasteiger partial charge in [-0.25, -0.2) is 4.39 Å². The highest BCUT2D eigenvalue weighted by Gasteiger charge is 2.35. The van der Waals surface area contributed by atoms with Gasteiger partial charge in [0.2, 0.25) is 0 Å². The van der Waals surface area contributed by atoms with Crippen molar-refractivity contribution < 1.29 is 19.0 Å². The Bertz CT molecular complexity index is 775. The van der Waals surface area contributed by atoms with Crippen LogP contribution in [0.2, 0.25) is 0 Å². The highest BCUT2D eigenvalue weighted by Crippen LogP contribution is 2.38. The average molecular weight is 360 g/mol. The van der Waals surface area contributed by atoms with Gasteiger partial charge in [0.05, 0.1) is 18.3 Å². The van der Waals surface area contributed by atoms with Gasteiger partial charge in [-0.15, -0.1) is 0 Å². The summed E-state index contributed by atoms with van der Waals surface area (Å²) in [6.07, 6.45) is 0.851. The summed E-state index contributed by atoms with van der Waals surface area (Å²) in [5, 5.41) is 10.9. The van der Waals surface area contributed by atoms with Crippen molar-refractivity contribution >= 4 is 17.5 Å². The second-order valence-electron chi connectivity index (χ2n) is 6.53. The summed E-state index contributed by atoms with van der Waals surface area (Å²) in [5.41, 5.74) is 0.174. The van der Waals surface area contributed by atoms with Crippen LogP contribution in [-0.4, -0.2) is 23.6 Å². The normalized spacial score (nSPS) is 23.4. The molecule has 0 spiro atoms. The molecule has 2 aromatic carbocycles. The maximum Gasteiger partial charge on any atom is 0.159 e. The van der Waals surface area contributed by atoms with E-state index in [9.17, 15) is 14.3 Å². The number of ketones is 1. The first-order valence-corrected chi connectivity index (χ1v) is 9.11. The zero-order valence-electron chi connectivity index (χ0n) is 14.3. The fourth-order valence-corrected chi connectivity index (χ4v) is 4.01. The molecule has 3 rings (SSSR count). The van der Waals surface area contributed by atoms with Crippen LogP contribution >= 0.6 is 11.8 Å². The zero-order chi connectivity index (χ0) is 18.0. The number of halogens is 1. The smallest absolute Gasteiger partial charge is 0.159 e. The molecule has 0 aromatic heterocycles. The minimum absolute atomic E-state index is 0.0143. The molecule has 5 heteroatoms. The molecular weight excluding hydrogens is 339 g/mol. The quantitative estimate of drug-likeness (QED) is 0.812. The van der Waals surface area contributed by atoms with Crippen LogP contribution in [0.25, 0.3) is 0 Å². The average Bonchev–Trinajstić information content (AvgIpc) is 2.54. The lowest BCUT2D eigenvalue weighted by atomic mass is 9.84. The molecule has 1 heterocycles. The van der Waals surface area contributed by atoms with E-state index in [2.05, 4.69) is 0 Å². The van der Waals surface area contributed by atoms with E-state index in [0.29, 0.717) is 30.6 Å². The number of rotatable bonds is 4. The number of hydrogen-bond donors (Lipinski definition) is 1. The Balaban J connectivity index is 1.85. The molecule has 1 saturated heterocycles. The monoisotopic (exact) mass is 360 g/mol. The van der Waals surface area contributed by atoms with Crippen molar-refractivity contribution in [3.8, 4) is 0 Å². The maximum atomic E-state index is 14.1. The SMILES string of the molecule is CC(=O)c1ccc(Sc2cc(F)cc([C@]3(O)CCO[C@@H](C)C3)c2)cc1. The summed E-state index contributed by atoms with van der Waals surface area (Å²) in [7, 11) is 0. The molecule has 0 unspecified atom stereocenters. The molecule has 0 amide bonds. The third-order valence-corrected chi connectivity index (χ3v) is 5.43. The number of carbonyl (C=O) groups is 1. The van der Waals surface area contributed by atoms with Gasteiger partial charge in [-0.3, -0.25) is 4.79 Å². The van der Waals surface area contributed by atoms with Gasteiger partial charge in [0, 0.05) is 28.2 Å².